The van der Waals surface area contributed by atoms with E-state index in [4.69, 9.17) is 23.4 Å². The van der Waals surface area contributed by atoms with Gasteiger partial charge in [0.15, 0.2) is 28.8 Å². The number of carbonyl (C=O) groups excluding carboxylic acids is 1. The molecule has 0 saturated heterocycles. The third-order valence-corrected chi connectivity index (χ3v) is 6.13. The molecule has 0 radical (unpaired) electrons. The highest BCUT2D eigenvalue weighted by Gasteiger charge is 2.16. The van der Waals surface area contributed by atoms with Gasteiger partial charge in [-0.3, -0.25) is 4.79 Å². The summed E-state index contributed by atoms with van der Waals surface area (Å²) in [6.45, 7) is 4.38. The Morgan fingerprint density at radius 2 is 2.00 bits per heavy atom. The summed E-state index contributed by atoms with van der Waals surface area (Å²) in [7, 11) is 1.57. The van der Waals surface area contributed by atoms with E-state index in [2.05, 4.69) is 33.0 Å². The number of carbonyl (C=O) groups is 1. The highest BCUT2D eigenvalue weighted by atomic mass is 79.9. The number of hydrogen-bond acceptors (Lipinski definition) is 7. The molecule has 8 nitrogen and oxygen atoms in total. The quantitative estimate of drug-likeness (QED) is 0.153. The Balaban J connectivity index is 1.31. The Bertz CT molecular complexity index is 1510. The van der Waals surface area contributed by atoms with Crippen LogP contribution in [0, 0.1) is 0 Å². The number of allylic oxidation sites excluding steroid dienone is 1. The lowest BCUT2D eigenvalue weighted by Gasteiger charge is -2.16. The molecule has 0 atom stereocenters. The standard InChI is InChI=1S/C28H23BrN2O6/c1-3-4-19-9-18(14-30-31-28(32)26-13-20-12-21(29)6-8-22(20)37-26)11-25(33-2)27(19)34-15-17-5-7-23-24(10-17)36-16-35-23/h3,5-14H,1,4,15-16H2,2H3,(H,31,32)/b30-14+. The van der Waals surface area contributed by atoms with Crippen LogP contribution in [0.15, 0.2) is 81.2 Å². The van der Waals surface area contributed by atoms with Crippen molar-refractivity contribution >= 4 is 39.0 Å². The summed E-state index contributed by atoms with van der Waals surface area (Å²) in [4.78, 5) is 12.5. The smallest absolute Gasteiger partial charge is 0.307 e. The molecule has 188 valence electrons. The number of benzene rings is 3. The van der Waals surface area contributed by atoms with E-state index in [-0.39, 0.29) is 12.6 Å². The summed E-state index contributed by atoms with van der Waals surface area (Å²) in [5.41, 5.74) is 5.64. The van der Waals surface area contributed by atoms with E-state index < -0.39 is 5.91 Å². The van der Waals surface area contributed by atoms with Crippen LogP contribution in [0.1, 0.15) is 27.2 Å². The largest absolute Gasteiger partial charge is 0.493 e. The molecule has 37 heavy (non-hydrogen) atoms. The molecule has 1 amide bonds. The zero-order chi connectivity index (χ0) is 25.8. The van der Waals surface area contributed by atoms with Crippen LogP contribution in [0.5, 0.6) is 23.0 Å². The van der Waals surface area contributed by atoms with Crippen LogP contribution in [0.25, 0.3) is 11.0 Å². The Morgan fingerprint density at radius 1 is 1.14 bits per heavy atom. The van der Waals surface area contributed by atoms with Gasteiger partial charge in [-0.2, -0.15) is 5.10 Å². The number of nitrogens with zero attached hydrogens (tertiary/aromatic N) is 1. The third-order valence-electron chi connectivity index (χ3n) is 5.64. The Kier molecular flexibility index (Phi) is 7.14. The minimum atomic E-state index is -0.453. The van der Waals surface area contributed by atoms with Crippen LogP contribution >= 0.6 is 15.9 Å². The number of amides is 1. The average Bonchev–Trinajstić information content (AvgIpc) is 3.54. The number of ether oxygens (including phenoxy) is 4. The number of nitrogens with one attached hydrogen (secondary N) is 1. The van der Waals surface area contributed by atoms with Gasteiger partial charge in [0.25, 0.3) is 0 Å². The van der Waals surface area contributed by atoms with E-state index in [9.17, 15) is 4.79 Å². The van der Waals surface area contributed by atoms with E-state index in [1.807, 2.05) is 36.4 Å². The van der Waals surface area contributed by atoms with Crippen molar-refractivity contribution < 1.29 is 28.2 Å². The normalized spacial score (nSPS) is 12.2. The molecule has 9 heteroatoms. The monoisotopic (exact) mass is 562 g/mol. The fraction of sp³-hybridized carbons (Fsp3) is 0.143. The summed E-state index contributed by atoms with van der Waals surface area (Å²) < 4.78 is 29.1. The van der Waals surface area contributed by atoms with Gasteiger partial charge in [-0.1, -0.05) is 28.1 Å². The average molecular weight is 563 g/mol. The molecule has 3 aromatic carbocycles. The first-order chi connectivity index (χ1) is 18.0. The molecule has 1 aromatic heterocycles. The Hall–Kier alpha value is -4.24. The van der Waals surface area contributed by atoms with Crippen molar-refractivity contribution in [1.29, 1.82) is 0 Å². The van der Waals surface area contributed by atoms with Gasteiger partial charge in [-0.25, -0.2) is 5.43 Å². The molecule has 0 fully saturated rings. The molecule has 1 aliphatic heterocycles. The van der Waals surface area contributed by atoms with Crippen LogP contribution in [0.4, 0.5) is 0 Å². The van der Waals surface area contributed by atoms with Gasteiger partial charge in [0, 0.05) is 15.4 Å². The van der Waals surface area contributed by atoms with E-state index in [0.717, 1.165) is 32.3 Å². The second-order valence-electron chi connectivity index (χ2n) is 8.17. The maximum atomic E-state index is 12.5. The summed E-state index contributed by atoms with van der Waals surface area (Å²) >= 11 is 3.41. The predicted molar refractivity (Wildman–Crippen MR) is 143 cm³/mol. The number of furan rings is 1. The molecule has 0 unspecified atom stereocenters. The molecule has 0 aliphatic carbocycles. The maximum absolute atomic E-state index is 12.5. The first-order valence-electron chi connectivity index (χ1n) is 11.4. The number of hydrogen-bond donors (Lipinski definition) is 1. The van der Waals surface area contributed by atoms with Crippen molar-refractivity contribution in [2.45, 2.75) is 13.0 Å². The van der Waals surface area contributed by atoms with Gasteiger partial charge in [0.05, 0.1) is 13.3 Å². The lowest BCUT2D eigenvalue weighted by atomic mass is 10.1. The van der Waals surface area contributed by atoms with Gasteiger partial charge in [0.1, 0.15) is 12.2 Å². The zero-order valence-electron chi connectivity index (χ0n) is 20.0. The van der Waals surface area contributed by atoms with Crippen molar-refractivity contribution in [3.63, 3.8) is 0 Å². The van der Waals surface area contributed by atoms with Crippen molar-refractivity contribution in [2.75, 3.05) is 13.9 Å². The highest BCUT2D eigenvalue weighted by Crippen LogP contribution is 2.36. The maximum Gasteiger partial charge on any atom is 0.307 e. The molecule has 4 aromatic rings. The minimum absolute atomic E-state index is 0.169. The van der Waals surface area contributed by atoms with Crippen molar-refractivity contribution in [2.24, 2.45) is 5.10 Å². The van der Waals surface area contributed by atoms with Crippen LogP contribution in [-0.4, -0.2) is 26.0 Å². The van der Waals surface area contributed by atoms with E-state index in [1.54, 1.807) is 31.4 Å². The van der Waals surface area contributed by atoms with Crippen LogP contribution in [0.2, 0.25) is 0 Å². The summed E-state index contributed by atoms with van der Waals surface area (Å²) in [5.74, 6) is 2.28. The molecule has 0 saturated carbocycles. The molecule has 0 spiro atoms. The first kappa shape index (κ1) is 24.5. The zero-order valence-corrected chi connectivity index (χ0v) is 21.5. The number of fused-ring (bicyclic) bond motifs is 2. The lowest BCUT2D eigenvalue weighted by molar-refractivity contribution is 0.0929. The number of rotatable bonds is 9. The molecular weight excluding hydrogens is 540 g/mol. The van der Waals surface area contributed by atoms with Gasteiger partial charge < -0.3 is 23.4 Å². The van der Waals surface area contributed by atoms with Crippen LogP contribution in [0.3, 0.4) is 0 Å². The van der Waals surface area contributed by atoms with Gasteiger partial charge >= 0.3 is 5.91 Å². The summed E-state index contributed by atoms with van der Waals surface area (Å²) in [6, 6.07) is 16.6. The van der Waals surface area contributed by atoms with Gasteiger partial charge in [0.2, 0.25) is 6.79 Å². The third kappa shape index (κ3) is 5.46. The molecule has 2 heterocycles. The second-order valence-corrected chi connectivity index (χ2v) is 9.09. The molecule has 0 bridgehead atoms. The lowest BCUT2D eigenvalue weighted by Crippen LogP contribution is -2.16. The van der Waals surface area contributed by atoms with Crippen LogP contribution in [-0.2, 0) is 13.0 Å². The topological polar surface area (TPSA) is 91.5 Å². The number of methoxy groups -OCH3 is 1. The van der Waals surface area contributed by atoms with E-state index in [0.29, 0.717) is 35.9 Å². The second kappa shape index (κ2) is 10.8. The van der Waals surface area contributed by atoms with Crippen molar-refractivity contribution in [1.82, 2.24) is 5.43 Å². The first-order valence-corrected chi connectivity index (χ1v) is 12.2. The molecule has 1 aliphatic rings. The Morgan fingerprint density at radius 3 is 2.84 bits per heavy atom. The molecule has 5 rings (SSSR count). The Labute approximate surface area is 221 Å². The van der Waals surface area contributed by atoms with E-state index >= 15 is 0 Å². The minimum Gasteiger partial charge on any atom is -0.493 e. The molecule has 1 N–H and O–H groups in total. The fourth-order valence-electron chi connectivity index (χ4n) is 3.91. The predicted octanol–water partition coefficient (Wildman–Crippen LogP) is 6.00. The summed E-state index contributed by atoms with van der Waals surface area (Å²) in [5, 5.41) is 4.92. The highest BCUT2D eigenvalue weighted by molar-refractivity contribution is 9.10. The van der Waals surface area contributed by atoms with Crippen molar-refractivity contribution in [3.8, 4) is 23.0 Å². The summed E-state index contributed by atoms with van der Waals surface area (Å²) in [6.07, 6.45) is 3.87. The van der Waals surface area contributed by atoms with Crippen molar-refractivity contribution in [3.05, 3.63) is 94.2 Å². The van der Waals surface area contributed by atoms with Crippen LogP contribution < -0.4 is 24.4 Å². The molecular formula is C28H23BrN2O6. The van der Waals surface area contributed by atoms with Gasteiger partial charge in [-0.15, -0.1) is 6.58 Å². The number of halogens is 1. The fourth-order valence-corrected chi connectivity index (χ4v) is 4.29. The van der Waals surface area contributed by atoms with Gasteiger partial charge in [-0.05, 0) is 66.1 Å². The van der Waals surface area contributed by atoms with E-state index in [1.165, 1.54) is 6.21 Å². The number of hydrazone groups is 1. The SMILES string of the molecule is C=CCc1cc(/C=N/NC(=O)c2cc3cc(Br)ccc3o2)cc(OC)c1OCc1ccc2c(c1)OCO2.